The molecule has 1 aliphatic heterocycles. The summed E-state index contributed by atoms with van der Waals surface area (Å²) in [6.07, 6.45) is 0. The van der Waals surface area contributed by atoms with Crippen molar-refractivity contribution in [3.8, 4) is 0 Å². The van der Waals surface area contributed by atoms with Crippen LogP contribution < -0.4 is 5.32 Å². The second-order valence-electron chi connectivity index (χ2n) is 3.63. The summed E-state index contributed by atoms with van der Waals surface area (Å²) in [5, 5.41) is 2.83. The summed E-state index contributed by atoms with van der Waals surface area (Å²) in [5.41, 5.74) is 0.852. The number of anilines is 2. The fourth-order valence-corrected chi connectivity index (χ4v) is 2.75. The highest BCUT2D eigenvalue weighted by Crippen LogP contribution is 2.45. The molecule has 86 valence electrons. The minimum Gasteiger partial charge on any atom is -0.351 e. The Labute approximate surface area is 99.7 Å². The average molecular weight is 253 g/mol. The van der Waals surface area contributed by atoms with E-state index < -0.39 is 11.6 Å². The standard InChI is InChI=1S/C12H6F3NS/c13-6-1-2-9-10(4-6)17-11-5-7(14)3-8(15)12(11)16-9/h1-5,16H. The van der Waals surface area contributed by atoms with Crippen molar-refractivity contribution < 1.29 is 13.2 Å². The van der Waals surface area contributed by atoms with Crippen LogP contribution in [0.25, 0.3) is 0 Å². The first-order valence-corrected chi connectivity index (χ1v) is 5.68. The Hall–Kier alpha value is -1.62. The Morgan fingerprint density at radius 3 is 2.47 bits per heavy atom. The SMILES string of the molecule is Fc1ccc2c(c1)Sc1cc(F)cc(F)c1N2. The van der Waals surface area contributed by atoms with E-state index in [2.05, 4.69) is 5.32 Å². The van der Waals surface area contributed by atoms with Gasteiger partial charge in [0.25, 0.3) is 0 Å². The second-order valence-corrected chi connectivity index (χ2v) is 4.71. The van der Waals surface area contributed by atoms with E-state index in [1.165, 1.54) is 24.3 Å². The maximum Gasteiger partial charge on any atom is 0.150 e. The van der Waals surface area contributed by atoms with Crippen molar-refractivity contribution >= 4 is 23.1 Å². The first kappa shape index (κ1) is 10.5. The van der Waals surface area contributed by atoms with Crippen LogP contribution in [-0.4, -0.2) is 0 Å². The molecule has 0 atom stereocenters. The number of benzene rings is 2. The third kappa shape index (κ3) is 1.76. The molecule has 0 bridgehead atoms. The number of nitrogens with one attached hydrogen (secondary N) is 1. The van der Waals surface area contributed by atoms with Crippen molar-refractivity contribution in [1.29, 1.82) is 0 Å². The van der Waals surface area contributed by atoms with Crippen LogP contribution in [0.2, 0.25) is 0 Å². The van der Waals surface area contributed by atoms with Gasteiger partial charge in [0.1, 0.15) is 11.6 Å². The Morgan fingerprint density at radius 2 is 1.65 bits per heavy atom. The van der Waals surface area contributed by atoms with Gasteiger partial charge in [0, 0.05) is 15.9 Å². The molecule has 1 aliphatic rings. The second kappa shape index (κ2) is 3.70. The summed E-state index contributed by atoms with van der Waals surface area (Å²) in [4.78, 5) is 1.03. The third-order valence-electron chi connectivity index (χ3n) is 2.44. The minimum absolute atomic E-state index is 0.232. The van der Waals surface area contributed by atoms with Gasteiger partial charge in [-0.15, -0.1) is 0 Å². The zero-order valence-corrected chi connectivity index (χ0v) is 9.25. The van der Waals surface area contributed by atoms with Crippen LogP contribution in [0.4, 0.5) is 24.5 Å². The molecular weight excluding hydrogens is 247 g/mol. The molecule has 0 saturated carbocycles. The molecule has 0 aromatic heterocycles. The van der Waals surface area contributed by atoms with Gasteiger partial charge in [-0.2, -0.15) is 0 Å². The Morgan fingerprint density at radius 1 is 0.882 bits per heavy atom. The predicted octanol–water partition coefficient (Wildman–Crippen LogP) is 4.31. The van der Waals surface area contributed by atoms with Gasteiger partial charge in [-0.1, -0.05) is 11.8 Å². The normalized spacial score (nSPS) is 12.6. The van der Waals surface area contributed by atoms with Gasteiger partial charge in [0.15, 0.2) is 5.82 Å². The lowest BCUT2D eigenvalue weighted by atomic mass is 10.2. The first-order chi connectivity index (χ1) is 8.13. The van der Waals surface area contributed by atoms with Gasteiger partial charge in [-0.3, -0.25) is 0 Å². The molecule has 2 aromatic rings. The van der Waals surface area contributed by atoms with Gasteiger partial charge < -0.3 is 5.32 Å². The predicted molar refractivity (Wildman–Crippen MR) is 60.2 cm³/mol. The van der Waals surface area contributed by atoms with Crippen LogP contribution in [-0.2, 0) is 0 Å². The molecule has 0 spiro atoms. The smallest absolute Gasteiger partial charge is 0.150 e. The molecule has 1 nitrogen and oxygen atoms in total. The van der Waals surface area contributed by atoms with E-state index in [1.54, 1.807) is 0 Å². The molecule has 0 radical (unpaired) electrons. The Bertz CT molecular complexity index is 613. The fourth-order valence-electron chi connectivity index (χ4n) is 1.69. The monoisotopic (exact) mass is 253 g/mol. The van der Waals surface area contributed by atoms with E-state index in [0.29, 0.717) is 15.5 Å². The lowest BCUT2D eigenvalue weighted by molar-refractivity contribution is 0.580. The van der Waals surface area contributed by atoms with Crippen molar-refractivity contribution in [3.05, 3.63) is 47.8 Å². The highest BCUT2D eigenvalue weighted by atomic mass is 32.2. The summed E-state index contributed by atoms with van der Waals surface area (Å²) in [6, 6.07) is 6.20. The van der Waals surface area contributed by atoms with Crippen molar-refractivity contribution in [2.24, 2.45) is 0 Å². The number of fused-ring (bicyclic) bond motifs is 2. The van der Waals surface area contributed by atoms with E-state index in [9.17, 15) is 13.2 Å². The topological polar surface area (TPSA) is 12.0 Å². The van der Waals surface area contributed by atoms with Gasteiger partial charge in [-0.05, 0) is 24.3 Å². The highest BCUT2D eigenvalue weighted by Gasteiger charge is 2.20. The van der Waals surface area contributed by atoms with Crippen molar-refractivity contribution in [1.82, 2.24) is 0 Å². The Kier molecular flexibility index (Phi) is 2.29. The molecule has 0 unspecified atom stereocenters. The number of hydrogen-bond acceptors (Lipinski definition) is 2. The molecule has 17 heavy (non-hydrogen) atoms. The van der Waals surface area contributed by atoms with Crippen LogP contribution in [0.15, 0.2) is 40.1 Å². The molecule has 0 fully saturated rings. The van der Waals surface area contributed by atoms with E-state index in [4.69, 9.17) is 0 Å². The van der Waals surface area contributed by atoms with Gasteiger partial charge in [-0.25, -0.2) is 13.2 Å². The fraction of sp³-hybridized carbons (Fsp3) is 0. The first-order valence-electron chi connectivity index (χ1n) is 4.87. The quantitative estimate of drug-likeness (QED) is 0.640. The molecule has 2 aromatic carbocycles. The van der Waals surface area contributed by atoms with Crippen LogP contribution in [0.1, 0.15) is 0 Å². The highest BCUT2D eigenvalue weighted by molar-refractivity contribution is 7.99. The van der Waals surface area contributed by atoms with Crippen LogP contribution in [0.3, 0.4) is 0 Å². The molecule has 3 rings (SSSR count). The molecular formula is C12H6F3NS. The molecule has 1 N–H and O–H groups in total. The minimum atomic E-state index is -0.650. The molecule has 0 amide bonds. The van der Waals surface area contributed by atoms with E-state index in [1.807, 2.05) is 0 Å². The molecule has 0 saturated heterocycles. The maximum atomic E-state index is 13.5. The van der Waals surface area contributed by atoms with Crippen molar-refractivity contribution in [3.63, 3.8) is 0 Å². The zero-order chi connectivity index (χ0) is 12.0. The summed E-state index contributed by atoms with van der Waals surface area (Å²) < 4.78 is 39.6. The van der Waals surface area contributed by atoms with Gasteiger partial charge in [0.05, 0.1) is 11.4 Å². The number of hydrogen-bond donors (Lipinski definition) is 1. The number of rotatable bonds is 0. The van der Waals surface area contributed by atoms with Crippen LogP contribution in [0, 0.1) is 17.5 Å². The summed E-state index contributed by atoms with van der Waals surface area (Å²) in [5.74, 6) is -1.67. The molecule has 1 heterocycles. The zero-order valence-electron chi connectivity index (χ0n) is 8.43. The maximum absolute atomic E-state index is 13.5. The van der Waals surface area contributed by atoms with Crippen LogP contribution >= 0.6 is 11.8 Å². The van der Waals surface area contributed by atoms with Crippen molar-refractivity contribution in [2.75, 3.05) is 5.32 Å². The van der Waals surface area contributed by atoms with Crippen molar-refractivity contribution in [2.45, 2.75) is 9.79 Å². The lowest BCUT2D eigenvalue weighted by Gasteiger charge is -2.21. The van der Waals surface area contributed by atoms with E-state index in [0.717, 1.165) is 17.8 Å². The van der Waals surface area contributed by atoms with Gasteiger partial charge in [0.2, 0.25) is 0 Å². The summed E-state index contributed by atoms with van der Waals surface area (Å²) in [7, 11) is 0. The lowest BCUT2D eigenvalue weighted by Crippen LogP contribution is -2.03. The van der Waals surface area contributed by atoms with Crippen LogP contribution in [0.5, 0.6) is 0 Å². The largest absolute Gasteiger partial charge is 0.351 e. The molecule has 5 heteroatoms. The average Bonchev–Trinajstić information content (AvgIpc) is 2.26. The summed E-state index contributed by atoms with van der Waals surface area (Å²) >= 11 is 1.14. The van der Waals surface area contributed by atoms with E-state index >= 15 is 0 Å². The summed E-state index contributed by atoms with van der Waals surface area (Å²) in [6.45, 7) is 0. The number of halogens is 3. The third-order valence-corrected chi connectivity index (χ3v) is 3.54. The van der Waals surface area contributed by atoms with E-state index in [-0.39, 0.29) is 11.5 Å². The molecule has 0 aliphatic carbocycles. The van der Waals surface area contributed by atoms with Gasteiger partial charge >= 0.3 is 0 Å². The Balaban J connectivity index is 2.14.